The van der Waals surface area contributed by atoms with Gasteiger partial charge in [0.15, 0.2) is 0 Å². The first kappa shape index (κ1) is 19.9. The molecule has 0 unspecified atom stereocenters. The van der Waals surface area contributed by atoms with Crippen LogP contribution in [-0.4, -0.2) is 14.4 Å². The van der Waals surface area contributed by atoms with Gasteiger partial charge in [-0.1, -0.05) is 54.6 Å². The van der Waals surface area contributed by atoms with Crippen molar-refractivity contribution in [1.82, 2.24) is 0 Å². The lowest BCUT2D eigenvalue weighted by Gasteiger charge is -2.28. The Hall–Kier alpha value is -2.84. The predicted octanol–water partition coefficient (Wildman–Crippen LogP) is 4.20. The summed E-state index contributed by atoms with van der Waals surface area (Å²) in [5, 5.41) is 0. The average Bonchev–Trinajstić information content (AvgIpc) is 2.69. The summed E-state index contributed by atoms with van der Waals surface area (Å²) < 4.78 is 26.0. The molecule has 0 radical (unpaired) electrons. The third-order valence-corrected chi connectivity index (χ3v) is 5.51. The van der Waals surface area contributed by atoms with Crippen LogP contribution in [0.3, 0.4) is 0 Å². The molecule has 8 heteroatoms. The van der Waals surface area contributed by atoms with Crippen molar-refractivity contribution in [2.24, 2.45) is 5.73 Å². The molecule has 6 nitrogen and oxygen atoms in total. The molecule has 0 saturated heterocycles. The van der Waals surface area contributed by atoms with E-state index in [-0.39, 0.29) is 6.54 Å². The molecular weight excluding hydrogens is 442 g/mol. The molecule has 0 saturated carbocycles. The molecule has 0 heterocycles. The number of nitrogens with two attached hydrogens (primary N) is 1. The van der Waals surface area contributed by atoms with Crippen LogP contribution in [0.2, 0.25) is 0 Å². The number of carbonyl (C=O) groups excluding carboxylic acids is 1. The maximum absolute atomic E-state index is 12.3. The number of amides is 2. The minimum atomic E-state index is -2.96. The number of hydrogen-bond donors (Lipinski definition) is 2. The van der Waals surface area contributed by atoms with Crippen LogP contribution < -0.4 is 14.9 Å². The van der Waals surface area contributed by atoms with Gasteiger partial charge in [0.25, 0.3) is 0 Å². The van der Waals surface area contributed by atoms with E-state index < -0.39 is 16.9 Å². The smallest absolute Gasteiger partial charge is 0.323 e. The molecule has 0 aromatic heterocycles. The minimum Gasteiger partial charge on any atom is -0.351 e. The van der Waals surface area contributed by atoms with Crippen molar-refractivity contribution < 1.29 is 13.2 Å². The van der Waals surface area contributed by atoms with E-state index in [1.807, 2.05) is 36.4 Å². The van der Waals surface area contributed by atoms with Crippen LogP contribution in [0.1, 0.15) is 5.56 Å². The maximum Gasteiger partial charge on any atom is 0.323 e. The number of para-hydroxylation sites is 3. The molecule has 28 heavy (non-hydrogen) atoms. The first-order valence-corrected chi connectivity index (χ1v) is 10.3. The number of nitrogens with zero attached hydrogens (tertiary/aromatic N) is 2. The molecular formula is C20H18BrN3O3S. The van der Waals surface area contributed by atoms with Crippen LogP contribution in [0.15, 0.2) is 83.3 Å². The lowest BCUT2D eigenvalue weighted by molar-refractivity contribution is 0.256. The number of rotatable bonds is 6. The Morgan fingerprint density at radius 2 is 1.36 bits per heavy atom. The largest absolute Gasteiger partial charge is 0.351 e. The topological polar surface area (TPSA) is 83.7 Å². The van der Waals surface area contributed by atoms with Gasteiger partial charge in [0, 0.05) is 4.47 Å². The number of hydrogen-bond acceptors (Lipinski definition) is 3. The van der Waals surface area contributed by atoms with Gasteiger partial charge in [0.1, 0.15) is 0 Å². The van der Waals surface area contributed by atoms with E-state index in [4.69, 9.17) is 5.73 Å². The Balaban J connectivity index is 2.12. The average molecular weight is 460 g/mol. The second-order valence-electron chi connectivity index (χ2n) is 5.89. The van der Waals surface area contributed by atoms with Gasteiger partial charge in [0.2, 0.25) is 10.9 Å². The van der Waals surface area contributed by atoms with E-state index >= 15 is 0 Å². The summed E-state index contributed by atoms with van der Waals surface area (Å²) in [6.07, 6.45) is 0. The fourth-order valence-corrected chi connectivity index (χ4v) is 3.94. The van der Waals surface area contributed by atoms with Crippen LogP contribution in [0.4, 0.5) is 21.9 Å². The molecule has 3 aromatic rings. The predicted molar refractivity (Wildman–Crippen MR) is 115 cm³/mol. The highest BCUT2D eigenvalue weighted by Gasteiger charge is 2.23. The van der Waals surface area contributed by atoms with Gasteiger partial charge in [-0.3, -0.25) is 9.21 Å². The lowest BCUT2D eigenvalue weighted by Crippen LogP contribution is -2.33. The zero-order chi connectivity index (χ0) is 20.1. The van der Waals surface area contributed by atoms with Crippen LogP contribution in [0.25, 0.3) is 0 Å². The van der Waals surface area contributed by atoms with Crippen molar-refractivity contribution in [2.45, 2.75) is 6.54 Å². The SMILES string of the molecule is NC(=O)N(c1ccccc1Br)c1ccccc1N(Cc1ccccc1)[SH](=O)=O. The van der Waals surface area contributed by atoms with E-state index in [0.29, 0.717) is 21.5 Å². The summed E-state index contributed by atoms with van der Waals surface area (Å²) in [6, 6.07) is 22.4. The molecule has 0 bridgehead atoms. The van der Waals surface area contributed by atoms with Crippen molar-refractivity contribution >= 4 is 49.9 Å². The van der Waals surface area contributed by atoms with Crippen molar-refractivity contribution in [1.29, 1.82) is 0 Å². The standard InChI is InChI=1S/C20H18BrN3O3S/c21-16-10-4-5-11-17(16)24(20(22)25)19-13-7-6-12-18(19)23(28(26)27)14-15-8-2-1-3-9-15/h1-13,28H,14H2,(H2,22,25). The van der Waals surface area contributed by atoms with Gasteiger partial charge < -0.3 is 5.73 Å². The van der Waals surface area contributed by atoms with Gasteiger partial charge in [-0.2, -0.15) is 0 Å². The monoisotopic (exact) mass is 459 g/mol. The first-order chi connectivity index (χ1) is 13.5. The number of thiol groups is 1. The van der Waals surface area contributed by atoms with Crippen molar-refractivity contribution in [3.8, 4) is 0 Å². The molecule has 3 rings (SSSR count). The third kappa shape index (κ3) is 4.35. The maximum atomic E-state index is 12.3. The fraction of sp³-hybridized carbons (Fsp3) is 0.0500. The van der Waals surface area contributed by atoms with E-state index in [0.717, 1.165) is 5.56 Å². The summed E-state index contributed by atoms with van der Waals surface area (Å²) in [4.78, 5) is 13.6. The molecule has 0 fully saturated rings. The highest BCUT2D eigenvalue weighted by Crippen LogP contribution is 2.38. The zero-order valence-corrected chi connectivity index (χ0v) is 17.2. The van der Waals surface area contributed by atoms with E-state index in [1.165, 1.54) is 9.21 Å². The number of anilines is 3. The Labute approximate surface area is 173 Å². The molecule has 3 aromatic carbocycles. The van der Waals surface area contributed by atoms with Crippen LogP contribution in [0.5, 0.6) is 0 Å². The van der Waals surface area contributed by atoms with E-state index in [1.54, 1.807) is 42.5 Å². The number of carbonyl (C=O) groups is 1. The molecule has 0 atom stereocenters. The van der Waals surface area contributed by atoms with E-state index in [2.05, 4.69) is 15.9 Å². The van der Waals surface area contributed by atoms with Gasteiger partial charge in [-0.15, -0.1) is 0 Å². The highest BCUT2D eigenvalue weighted by molar-refractivity contribution is 9.10. The highest BCUT2D eigenvalue weighted by atomic mass is 79.9. The summed E-state index contributed by atoms with van der Waals surface area (Å²) in [5.41, 5.74) is 7.73. The van der Waals surface area contributed by atoms with Crippen LogP contribution in [-0.2, 0) is 17.4 Å². The normalized spacial score (nSPS) is 10.6. The summed E-state index contributed by atoms with van der Waals surface area (Å²) in [7, 11) is -2.96. The van der Waals surface area contributed by atoms with Gasteiger partial charge in [0.05, 0.1) is 23.6 Å². The Bertz CT molecular complexity index is 1050. The van der Waals surface area contributed by atoms with Crippen molar-refractivity contribution in [3.63, 3.8) is 0 Å². The zero-order valence-electron chi connectivity index (χ0n) is 14.7. The molecule has 0 aliphatic rings. The molecule has 0 aliphatic carbocycles. The second-order valence-corrected chi connectivity index (χ2v) is 7.71. The first-order valence-electron chi connectivity index (χ1n) is 8.38. The van der Waals surface area contributed by atoms with Crippen molar-refractivity contribution in [2.75, 3.05) is 9.21 Å². The molecule has 2 amide bonds. The Morgan fingerprint density at radius 1 is 0.821 bits per heavy atom. The number of primary amides is 1. The molecule has 2 N–H and O–H groups in total. The fourth-order valence-electron chi connectivity index (χ4n) is 2.86. The Kier molecular flexibility index (Phi) is 6.33. The number of urea groups is 1. The summed E-state index contributed by atoms with van der Waals surface area (Å²) >= 11 is 3.42. The minimum absolute atomic E-state index is 0.138. The number of halogens is 1. The van der Waals surface area contributed by atoms with E-state index in [9.17, 15) is 13.2 Å². The number of benzene rings is 3. The van der Waals surface area contributed by atoms with Crippen LogP contribution >= 0.6 is 15.9 Å². The second kappa shape index (κ2) is 8.90. The quantitative estimate of drug-likeness (QED) is 0.541. The summed E-state index contributed by atoms with van der Waals surface area (Å²) in [6.45, 7) is 0.138. The molecule has 0 spiro atoms. The van der Waals surface area contributed by atoms with Crippen LogP contribution in [0, 0.1) is 0 Å². The Morgan fingerprint density at radius 3 is 1.93 bits per heavy atom. The summed E-state index contributed by atoms with van der Waals surface area (Å²) in [5.74, 6) is 0. The van der Waals surface area contributed by atoms with Crippen molar-refractivity contribution in [3.05, 3.63) is 88.9 Å². The van der Waals surface area contributed by atoms with Gasteiger partial charge >= 0.3 is 6.03 Å². The van der Waals surface area contributed by atoms with Gasteiger partial charge in [-0.05, 0) is 45.8 Å². The lowest BCUT2D eigenvalue weighted by atomic mass is 10.2. The third-order valence-electron chi connectivity index (χ3n) is 4.09. The molecule has 0 aliphatic heterocycles. The molecule has 144 valence electrons. The van der Waals surface area contributed by atoms with Gasteiger partial charge in [-0.25, -0.2) is 13.2 Å².